The van der Waals surface area contributed by atoms with Gasteiger partial charge in [-0.1, -0.05) is 30.3 Å². The maximum Gasteiger partial charge on any atom is 0.340 e. The molecule has 1 aliphatic heterocycles. The van der Waals surface area contributed by atoms with Crippen molar-refractivity contribution in [1.82, 2.24) is 0 Å². The Morgan fingerprint density at radius 1 is 1.06 bits per heavy atom. The minimum Gasteiger partial charge on any atom is -0.495 e. The normalized spacial score (nSPS) is 14.5. The summed E-state index contributed by atoms with van der Waals surface area (Å²) < 4.78 is 21.1. The Morgan fingerprint density at radius 3 is 2.36 bits per heavy atom. The van der Waals surface area contributed by atoms with E-state index in [1.165, 1.54) is 26.2 Å². The van der Waals surface area contributed by atoms with Gasteiger partial charge in [0.25, 0.3) is 5.91 Å². The SMILES string of the molecule is C=CCOc1ccc(/C=C2\C(=O)N(c3ccc(OC)c(Cl)c3)C(C)=C2C(=O)OC)cc1OC. The second kappa shape index (κ2) is 10.3. The Bertz CT molecular complexity index is 1170. The molecule has 2 aromatic rings. The van der Waals surface area contributed by atoms with Gasteiger partial charge in [0.1, 0.15) is 12.4 Å². The van der Waals surface area contributed by atoms with Crippen LogP contribution in [0.25, 0.3) is 6.08 Å². The van der Waals surface area contributed by atoms with Crippen molar-refractivity contribution >= 4 is 35.2 Å². The zero-order valence-corrected chi connectivity index (χ0v) is 19.6. The van der Waals surface area contributed by atoms with E-state index in [0.29, 0.717) is 45.8 Å². The largest absolute Gasteiger partial charge is 0.495 e. The predicted octanol–water partition coefficient (Wildman–Crippen LogP) is 4.80. The number of hydrogen-bond acceptors (Lipinski definition) is 6. The van der Waals surface area contributed by atoms with Gasteiger partial charge in [-0.2, -0.15) is 0 Å². The third-order valence-corrected chi connectivity index (χ3v) is 5.33. The molecular weight excluding hydrogens is 446 g/mol. The first-order chi connectivity index (χ1) is 15.9. The van der Waals surface area contributed by atoms with Crippen molar-refractivity contribution in [3.63, 3.8) is 0 Å². The van der Waals surface area contributed by atoms with E-state index in [1.54, 1.807) is 55.5 Å². The third-order valence-electron chi connectivity index (χ3n) is 5.04. The van der Waals surface area contributed by atoms with Gasteiger partial charge in [-0.25, -0.2) is 4.79 Å². The van der Waals surface area contributed by atoms with E-state index in [1.807, 2.05) is 0 Å². The predicted molar refractivity (Wildman–Crippen MR) is 127 cm³/mol. The van der Waals surface area contributed by atoms with E-state index in [9.17, 15) is 9.59 Å². The molecule has 0 unspecified atom stereocenters. The summed E-state index contributed by atoms with van der Waals surface area (Å²) in [5.74, 6) is 0.484. The maximum atomic E-state index is 13.4. The number of nitrogens with zero attached hydrogens (tertiary/aromatic N) is 1. The van der Waals surface area contributed by atoms with Crippen LogP contribution in [-0.2, 0) is 14.3 Å². The fraction of sp³-hybridized carbons (Fsp3) is 0.200. The number of hydrogen-bond donors (Lipinski definition) is 0. The van der Waals surface area contributed by atoms with Crippen molar-refractivity contribution in [2.24, 2.45) is 0 Å². The minimum absolute atomic E-state index is 0.167. The molecule has 0 spiro atoms. The molecule has 1 heterocycles. The van der Waals surface area contributed by atoms with Crippen molar-refractivity contribution < 1.29 is 28.5 Å². The molecule has 0 atom stereocenters. The molecule has 1 amide bonds. The number of amides is 1. The minimum atomic E-state index is -0.618. The topological polar surface area (TPSA) is 74.3 Å². The average Bonchev–Trinajstić information content (AvgIpc) is 3.06. The zero-order chi connectivity index (χ0) is 24.1. The quantitative estimate of drug-likeness (QED) is 0.314. The van der Waals surface area contributed by atoms with Gasteiger partial charge >= 0.3 is 5.97 Å². The van der Waals surface area contributed by atoms with Gasteiger partial charge in [0, 0.05) is 5.70 Å². The molecular formula is C25H24ClNO6. The first-order valence-electron chi connectivity index (χ1n) is 9.97. The van der Waals surface area contributed by atoms with E-state index in [0.717, 1.165) is 0 Å². The maximum absolute atomic E-state index is 13.4. The van der Waals surface area contributed by atoms with Crippen LogP contribution in [0.15, 0.2) is 65.9 Å². The van der Waals surface area contributed by atoms with Crippen LogP contribution in [0, 0.1) is 0 Å². The van der Waals surface area contributed by atoms with E-state index in [4.69, 9.17) is 30.5 Å². The van der Waals surface area contributed by atoms with Crippen LogP contribution >= 0.6 is 11.6 Å². The molecule has 1 aliphatic rings. The van der Waals surface area contributed by atoms with Crippen LogP contribution in [0.5, 0.6) is 17.2 Å². The van der Waals surface area contributed by atoms with Gasteiger partial charge in [-0.15, -0.1) is 0 Å². The summed E-state index contributed by atoms with van der Waals surface area (Å²) in [5.41, 5.74) is 1.93. The lowest BCUT2D eigenvalue weighted by Gasteiger charge is -2.19. The highest BCUT2D eigenvalue weighted by atomic mass is 35.5. The number of ether oxygens (including phenoxy) is 4. The Hall–Kier alpha value is -3.71. The lowest BCUT2D eigenvalue weighted by Crippen LogP contribution is -2.24. The van der Waals surface area contributed by atoms with Gasteiger partial charge in [0.15, 0.2) is 11.5 Å². The van der Waals surface area contributed by atoms with Gasteiger partial charge in [-0.3, -0.25) is 9.69 Å². The third kappa shape index (κ3) is 4.73. The summed E-state index contributed by atoms with van der Waals surface area (Å²) in [6, 6.07) is 10.2. The van der Waals surface area contributed by atoms with Gasteiger partial charge in [-0.05, 0) is 48.9 Å². The Kier molecular flexibility index (Phi) is 7.45. The lowest BCUT2D eigenvalue weighted by atomic mass is 10.0. The molecule has 0 saturated heterocycles. The molecule has 0 bridgehead atoms. The Labute approximate surface area is 197 Å². The molecule has 33 heavy (non-hydrogen) atoms. The number of anilines is 1. The molecule has 3 rings (SSSR count). The Balaban J connectivity index is 2.08. The summed E-state index contributed by atoms with van der Waals surface area (Å²) in [6.07, 6.45) is 3.24. The summed E-state index contributed by atoms with van der Waals surface area (Å²) in [5, 5.41) is 0.340. The molecule has 0 saturated carbocycles. The summed E-state index contributed by atoms with van der Waals surface area (Å²) >= 11 is 6.26. The van der Waals surface area contributed by atoms with Gasteiger partial charge < -0.3 is 18.9 Å². The van der Waals surface area contributed by atoms with Crippen LogP contribution in [0.3, 0.4) is 0 Å². The molecule has 0 fully saturated rings. The summed E-state index contributed by atoms with van der Waals surface area (Å²) in [7, 11) is 4.30. The van der Waals surface area contributed by atoms with Gasteiger partial charge in [0.05, 0.1) is 43.2 Å². The lowest BCUT2D eigenvalue weighted by molar-refractivity contribution is -0.136. The van der Waals surface area contributed by atoms with Crippen LogP contribution in [0.1, 0.15) is 12.5 Å². The van der Waals surface area contributed by atoms with E-state index in [-0.39, 0.29) is 17.1 Å². The number of methoxy groups -OCH3 is 3. The second-order valence-electron chi connectivity index (χ2n) is 6.98. The molecule has 0 aromatic heterocycles. The van der Waals surface area contributed by atoms with Crippen LogP contribution in [0.4, 0.5) is 5.69 Å². The first kappa shape index (κ1) is 23.9. The molecule has 0 N–H and O–H groups in total. The molecule has 8 heteroatoms. The second-order valence-corrected chi connectivity index (χ2v) is 7.39. The first-order valence-corrected chi connectivity index (χ1v) is 10.3. The zero-order valence-electron chi connectivity index (χ0n) is 18.8. The highest BCUT2D eigenvalue weighted by Crippen LogP contribution is 2.38. The molecule has 7 nitrogen and oxygen atoms in total. The highest BCUT2D eigenvalue weighted by molar-refractivity contribution is 6.32. The van der Waals surface area contributed by atoms with Gasteiger partial charge in [0.2, 0.25) is 0 Å². The van der Waals surface area contributed by atoms with E-state index in [2.05, 4.69) is 6.58 Å². The van der Waals surface area contributed by atoms with E-state index < -0.39 is 5.97 Å². The van der Waals surface area contributed by atoms with E-state index >= 15 is 0 Å². The number of halogens is 1. The fourth-order valence-corrected chi connectivity index (χ4v) is 3.75. The monoisotopic (exact) mass is 469 g/mol. The molecule has 2 aromatic carbocycles. The van der Waals surface area contributed by atoms with Crippen molar-refractivity contribution in [2.75, 3.05) is 32.8 Å². The molecule has 172 valence electrons. The number of benzene rings is 2. The highest BCUT2D eigenvalue weighted by Gasteiger charge is 2.38. The fourth-order valence-electron chi connectivity index (χ4n) is 3.49. The average molecular weight is 470 g/mol. The number of esters is 1. The van der Waals surface area contributed by atoms with Crippen molar-refractivity contribution in [2.45, 2.75) is 6.92 Å². The standard InChI is InChI=1S/C25H24ClNO6/c1-6-11-33-21-9-7-16(13-22(21)31-4)12-18-23(25(29)32-5)15(2)27(24(18)28)17-8-10-20(30-3)19(26)14-17/h6-10,12-14H,1,11H2,2-5H3/b18-12-. The number of rotatable bonds is 8. The van der Waals surface area contributed by atoms with Crippen LogP contribution < -0.4 is 19.1 Å². The van der Waals surface area contributed by atoms with Crippen LogP contribution in [0.2, 0.25) is 5.02 Å². The number of allylic oxidation sites excluding steroid dienone is 1. The van der Waals surface area contributed by atoms with Crippen molar-refractivity contribution in [3.8, 4) is 17.2 Å². The van der Waals surface area contributed by atoms with Crippen molar-refractivity contribution in [3.05, 3.63) is 76.5 Å². The molecule has 0 radical (unpaired) electrons. The summed E-state index contributed by atoms with van der Waals surface area (Å²) in [4.78, 5) is 27.5. The Morgan fingerprint density at radius 2 is 1.76 bits per heavy atom. The molecule has 0 aliphatic carbocycles. The smallest absolute Gasteiger partial charge is 0.340 e. The summed E-state index contributed by atoms with van der Waals surface area (Å²) in [6.45, 7) is 5.63. The van der Waals surface area contributed by atoms with Crippen molar-refractivity contribution in [1.29, 1.82) is 0 Å². The van der Waals surface area contributed by atoms with Crippen LogP contribution in [-0.4, -0.2) is 39.8 Å². The number of carbonyl (C=O) groups excluding carboxylic acids is 2. The number of carbonyl (C=O) groups is 2.